The topological polar surface area (TPSA) is 75.7 Å². The predicted octanol–water partition coefficient (Wildman–Crippen LogP) is 1.86. The third-order valence-electron chi connectivity index (χ3n) is 1.95. The molecule has 0 radical (unpaired) electrons. The van der Waals surface area contributed by atoms with E-state index in [0.717, 1.165) is 0 Å². The number of carbonyl (C=O) groups is 1. The van der Waals surface area contributed by atoms with E-state index in [1.54, 1.807) is 27.7 Å². The molecular formula is C10H21BrN2O4S. The number of nitrogens with zero attached hydrogens (tertiary/aromatic N) is 1. The highest BCUT2D eigenvalue weighted by Gasteiger charge is 2.27. The van der Waals surface area contributed by atoms with Gasteiger partial charge in [0.25, 0.3) is 0 Å². The Morgan fingerprint density at radius 3 is 2.28 bits per heavy atom. The van der Waals surface area contributed by atoms with Gasteiger partial charge in [-0.05, 0) is 34.1 Å². The first-order valence-electron chi connectivity index (χ1n) is 5.77. The van der Waals surface area contributed by atoms with Crippen molar-refractivity contribution in [1.29, 1.82) is 0 Å². The predicted molar refractivity (Wildman–Crippen MR) is 73.9 cm³/mol. The molecule has 0 aromatic carbocycles. The Balaban J connectivity index is 4.69. The molecule has 0 aliphatic carbocycles. The average Bonchev–Trinajstić information content (AvgIpc) is 2.14. The normalized spacial score (nSPS) is 12.2. The van der Waals surface area contributed by atoms with Gasteiger partial charge in [-0.3, -0.25) is 0 Å². The molecule has 0 aliphatic rings. The van der Waals surface area contributed by atoms with E-state index in [4.69, 9.17) is 4.74 Å². The van der Waals surface area contributed by atoms with E-state index in [9.17, 15) is 13.2 Å². The van der Waals surface area contributed by atoms with Gasteiger partial charge in [0.05, 0.1) is 6.10 Å². The van der Waals surface area contributed by atoms with E-state index in [0.29, 0.717) is 18.3 Å². The molecular weight excluding hydrogens is 324 g/mol. The van der Waals surface area contributed by atoms with Gasteiger partial charge in [-0.2, -0.15) is 12.7 Å². The fraction of sp³-hybridized carbons (Fsp3) is 0.900. The monoisotopic (exact) mass is 344 g/mol. The summed E-state index contributed by atoms with van der Waals surface area (Å²) in [6, 6.07) is -0.228. The van der Waals surface area contributed by atoms with Gasteiger partial charge in [0.15, 0.2) is 0 Å². The Labute approximate surface area is 117 Å². The van der Waals surface area contributed by atoms with Crippen molar-refractivity contribution in [3.63, 3.8) is 0 Å². The smallest absolute Gasteiger partial charge is 0.422 e. The first kappa shape index (κ1) is 17.7. The molecule has 0 spiro atoms. The quantitative estimate of drug-likeness (QED) is 0.715. The molecule has 0 saturated carbocycles. The second kappa shape index (κ2) is 7.96. The average molecular weight is 345 g/mol. The molecule has 0 bridgehead atoms. The number of alkyl halides is 1. The van der Waals surface area contributed by atoms with Crippen molar-refractivity contribution in [2.75, 3.05) is 11.9 Å². The lowest BCUT2D eigenvalue weighted by atomic mass is 10.4. The van der Waals surface area contributed by atoms with Crippen LogP contribution in [-0.4, -0.2) is 42.8 Å². The molecule has 0 aliphatic heterocycles. The van der Waals surface area contributed by atoms with Gasteiger partial charge in [0.1, 0.15) is 0 Å². The summed E-state index contributed by atoms with van der Waals surface area (Å²) in [5.41, 5.74) is 0. The Hall–Kier alpha value is -0.340. The van der Waals surface area contributed by atoms with Gasteiger partial charge in [0.2, 0.25) is 0 Å². The zero-order valence-electron chi connectivity index (χ0n) is 11.1. The molecule has 108 valence electrons. The summed E-state index contributed by atoms with van der Waals surface area (Å²) in [5.74, 6) is 0. The van der Waals surface area contributed by atoms with Gasteiger partial charge in [-0.1, -0.05) is 15.9 Å². The summed E-state index contributed by atoms with van der Waals surface area (Å²) in [7, 11) is -3.85. The van der Waals surface area contributed by atoms with E-state index in [1.165, 1.54) is 4.31 Å². The number of nitrogens with one attached hydrogen (secondary N) is 1. The molecule has 0 saturated heterocycles. The molecule has 0 atom stereocenters. The maximum atomic E-state index is 12.0. The number of carbonyl (C=O) groups excluding carboxylic acids is 1. The molecule has 0 unspecified atom stereocenters. The van der Waals surface area contributed by atoms with Crippen LogP contribution in [0.5, 0.6) is 0 Å². The Morgan fingerprint density at radius 1 is 1.33 bits per heavy atom. The number of rotatable bonds is 7. The molecule has 1 N–H and O–H groups in total. The van der Waals surface area contributed by atoms with E-state index >= 15 is 0 Å². The Morgan fingerprint density at radius 2 is 1.89 bits per heavy atom. The minimum absolute atomic E-state index is 0.228. The first-order valence-corrected chi connectivity index (χ1v) is 8.33. The van der Waals surface area contributed by atoms with Crippen LogP contribution in [0.3, 0.4) is 0 Å². The van der Waals surface area contributed by atoms with Crippen molar-refractivity contribution in [3.05, 3.63) is 0 Å². The van der Waals surface area contributed by atoms with E-state index in [1.807, 2.05) is 4.72 Å². The lowest BCUT2D eigenvalue weighted by Gasteiger charge is -2.25. The van der Waals surface area contributed by atoms with Crippen LogP contribution in [-0.2, 0) is 14.9 Å². The summed E-state index contributed by atoms with van der Waals surface area (Å²) >= 11 is 3.24. The Bertz CT molecular complexity index is 357. The van der Waals surface area contributed by atoms with Gasteiger partial charge in [-0.15, -0.1) is 0 Å². The molecule has 0 aromatic rings. The largest absolute Gasteiger partial charge is 0.446 e. The van der Waals surface area contributed by atoms with Gasteiger partial charge in [-0.25, -0.2) is 9.52 Å². The van der Waals surface area contributed by atoms with Crippen LogP contribution in [0.25, 0.3) is 0 Å². The second-order valence-corrected chi connectivity index (χ2v) is 6.72. The Kier molecular flexibility index (Phi) is 7.81. The highest BCUT2D eigenvalue weighted by atomic mass is 79.9. The maximum absolute atomic E-state index is 12.0. The van der Waals surface area contributed by atoms with Crippen molar-refractivity contribution >= 4 is 32.2 Å². The van der Waals surface area contributed by atoms with E-state index in [2.05, 4.69) is 15.9 Å². The molecule has 1 amide bonds. The molecule has 8 heteroatoms. The van der Waals surface area contributed by atoms with Crippen LogP contribution in [0, 0.1) is 0 Å². The van der Waals surface area contributed by atoms with Gasteiger partial charge in [0, 0.05) is 17.9 Å². The van der Waals surface area contributed by atoms with Crippen LogP contribution in [0.4, 0.5) is 4.79 Å². The number of ether oxygens (including phenoxy) is 1. The molecule has 0 heterocycles. The lowest BCUT2D eigenvalue weighted by Crippen LogP contribution is -2.47. The van der Waals surface area contributed by atoms with Crippen LogP contribution in [0.1, 0.15) is 34.1 Å². The van der Waals surface area contributed by atoms with Gasteiger partial charge >= 0.3 is 16.3 Å². The fourth-order valence-corrected chi connectivity index (χ4v) is 2.82. The molecule has 18 heavy (non-hydrogen) atoms. The number of hydrogen-bond donors (Lipinski definition) is 1. The summed E-state index contributed by atoms with van der Waals surface area (Å²) in [6.07, 6.45) is -0.650. The highest BCUT2D eigenvalue weighted by Crippen LogP contribution is 2.07. The van der Waals surface area contributed by atoms with Crippen molar-refractivity contribution in [1.82, 2.24) is 9.03 Å². The fourth-order valence-electron chi connectivity index (χ4n) is 1.27. The van der Waals surface area contributed by atoms with Crippen molar-refractivity contribution in [2.45, 2.75) is 46.3 Å². The van der Waals surface area contributed by atoms with Crippen molar-refractivity contribution in [2.24, 2.45) is 0 Å². The van der Waals surface area contributed by atoms with Gasteiger partial charge < -0.3 is 4.74 Å². The third-order valence-corrected chi connectivity index (χ3v) is 4.16. The minimum Gasteiger partial charge on any atom is -0.446 e. The van der Waals surface area contributed by atoms with Crippen LogP contribution in [0.15, 0.2) is 0 Å². The SMILES string of the molecule is CC(C)OC(=O)NS(=O)(=O)N(CCCBr)C(C)C. The number of hydrogen-bond acceptors (Lipinski definition) is 4. The molecule has 0 fully saturated rings. The summed E-state index contributed by atoms with van der Waals surface area (Å²) in [6.45, 7) is 7.14. The highest BCUT2D eigenvalue weighted by molar-refractivity contribution is 9.09. The van der Waals surface area contributed by atoms with E-state index < -0.39 is 16.3 Å². The summed E-state index contributed by atoms with van der Waals surface area (Å²) < 4.78 is 31.8. The maximum Gasteiger partial charge on any atom is 0.422 e. The lowest BCUT2D eigenvalue weighted by molar-refractivity contribution is 0.121. The van der Waals surface area contributed by atoms with Crippen LogP contribution in [0.2, 0.25) is 0 Å². The number of amides is 1. The first-order chi connectivity index (χ1) is 8.20. The molecule has 0 aromatic heterocycles. The zero-order valence-corrected chi connectivity index (χ0v) is 13.5. The third kappa shape index (κ3) is 6.55. The summed E-state index contributed by atoms with van der Waals surface area (Å²) in [4.78, 5) is 11.3. The van der Waals surface area contributed by atoms with E-state index in [-0.39, 0.29) is 12.1 Å². The summed E-state index contributed by atoms with van der Waals surface area (Å²) in [5, 5.41) is 0.697. The van der Waals surface area contributed by atoms with Crippen LogP contribution >= 0.6 is 15.9 Å². The van der Waals surface area contributed by atoms with Crippen molar-refractivity contribution in [3.8, 4) is 0 Å². The van der Waals surface area contributed by atoms with Crippen LogP contribution < -0.4 is 4.72 Å². The minimum atomic E-state index is -3.85. The second-order valence-electron chi connectivity index (χ2n) is 4.31. The molecule has 6 nitrogen and oxygen atoms in total. The molecule has 0 rings (SSSR count). The standard InChI is InChI=1S/C10H21BrN2O4S/c1-8(2)13(7-5-6-11)18(15,16)12-10(14)17-9(3)4/h8-9H,5-7H2,1-4H3,(H,12,14). The number of halogens is 1. The zero-order chi connectivity index (χ0) is 14.3. The van der Waals surface area contributed by atoms with Crippen molar-refractivity contribution < 1.29 is 17.9 Å².